The standard InChI is InChI=1S/C17H21N3O3/c1-11-15(12(2)20(3)19-11)16(22)17(23)18-10-9-14(21)13-7-5-4-6-8-13/h4-8,14,21H,9-10H2,1-3H3,(H,18,23). The number of hydrogen-bond donors (Lipinski definition) is 2. The van der Waals surface area contributed by atoms with Gasteiger partial charge in [-0.2, -0.15) is 5.10 Å². The summed E-state index contributed by atoms with van der Waals surface area (Å²) < 4.78 is 1.58. The third-order valence-corrected chi connectivity index (χ3v) is 3.83. The zero-order chi connectivity index (χ0) is 17.0. The normalized spacial score (nSPS) is 12.0. The fourth-order valence-electron chi connectivity index (χ4n) is 2.46. The quantitative estimate of drug-likeness (QED) is 0.624. The van der Waals surface area contributed by atoms with Gasteiger partial charge in [-0.05, 0) is 25.8 Å². The molecule has 1 unspecified atom stereocenters. The lowest BCUT2D eigenvalue weighted by atomic mass is 10.1. The molecule has 2 aromatic rings. The van der Waals surface area contributed by atoms with Crippen LogP contribution in [0.15, 0.2) is 30.3 Å². The second-order valence-electron chi connectivity index (χ2n) is 5.47. The van der Waals surface area contributed by atoms with Crippen LogP contribution in [0, 0.1) is 13.8 Å². The molecular weight excluding hydrogens is 294 g/mol. The number of Topliss-reactive ketones (excluding diaryl/α,β-unsaturated/α-hetero) is 1. The zero-order valence-electron chi connectivity index (χ0n) is 13.5. The van der Waals surface area contributed by atoms with Gasteiger partial charge in [0.25, 0.3) is 11.7 Å². The number of nitrogens with zero attached hydrogens (tertiary/aromatic N) is 2. The van der Waals surface area contributed by atoms with E-state index in [4.69, 9.17) is 0 Å². The highest BCUT2D eigenvalue weighted by molar-refractivity contribution is 6.43. The SMILES string of the molecule is Cc1nn(C)c(C)c1C(=O)C(=O)NCCC(O)c1ccccc1. The molecule has 0 aliphatic carbocycles. The molecule has 6 heteroatoms. The van der Waals surface area contributed by atoms with Crippen LogP contribution in [0.5, 0.6) is 0 Å². The van der Waals surface area contributed by atoms with Gasteiger partial charge in [-0.3, -0.25) is 14.3 Å². The summed E-state index contributed by atoms with van der Waals surface area (Å²) in [4.78, 5) is 24.2. The van der Waals surface area contributed by atoms with Gasteiger partial charge in [0, 0.05) is 19.3 Å². The van der Waals surface area contributed by atoms with E-state index < -0.39 is 17.8 Å². The van der Waals surface area contributed by atoms with Crippen LogP contribution in [-0.2, 0) is 11.8 Å². The fourth-order valence-corrected chi connectivity index (χ4v) is 2.46. The molecule has 0 spiro atoms. The fraction of sp³-hybridized carbons (Fsp3) is 0.353. The number of ketones is 1. The molecule has 0 saturated carbocycles. The van der Waals surface area contributed by atoms with Crippen LogP contribution in [-0.4, -0.2) is 33.1 Å². The molecule has 0 bridgehead atoms. The number of benzene rings is 1. The Morgan fingerprint density at radius 3 is 2.48 bits per heavy atom. The maximum atomic E-state index is 12.2. The minimum atomic E-state index is -0.676. The molecule has 1 atom stereocenters. The van der Waals surface area contributed by atoms with Crippen LogP contribution in [0.25, 0.3) is 0 Å². The Hall–Kier alpha value is -2.47. The molecule has 23 heavy (non-hydrogen) atoms. The van der Waals surface area contributed by atoms with Gasteiger partial charge in [0.05, 0.1) is 17.4 Å². The van der Waals surface area contributed by atoms with Gasteiger partial charge in [0.15, 0.2) is 0 Å². The highest BCUT2D eigenvalue weighted by Gasteiger charge is 2.23. The molecular formula is C17H21N3O3. The smallest absolute Gasteiger partial charge is 0.292 e. The van der Waals surface area contributed by atoms with Crippen molar-refractivity contribution < 1.29 is 14.7 Å². The van der Waals surface area contributed by atoms with Crippen molar-refractivity contribution in [3.05, 3.63) is 52.8 Å². The number of aromatic nitrogens is 2. The maximum Gasteiger partial charge on any atom is 0.292 e. The molecule has 0 saturated heterocycles. The summed E-state index contributed by atoms with van der Waals surface area (Å²) >= 11 is 0. The summed E-state index contributed by atoms with van der Waals surface area (Å²) in [6, 6.07) is 9.19. The first-order valence-electron chi connectivity index (χ1n) is 7.47. The van der Waals surface area contributed by atoms with Crippen molar-refractivity contribution >= 4 is 11.7 Å². The molecule has 0 aliphatic heterocycles. The van der Waals surface area contributed by atoms with Crippen molar-refractivity contribution in [2.75, 3.05) is 6.54 Å². The number of amides is 1. The number of rotatable bonds is 6. The minimum absolute atomic E-state index is 0.221. The minimum Gasteiger partial charge on any atom is -0.388 e. The van der Waals surface area contributed by atoms with E-state index in [2.05, 4.69) is 10.4 Å². The Labute approximate surface area is 135 Å². The molecule has 2 N–H and O–H groups in total. The van der Waals surface area contributed by atoms with Gasteiger partial charge in [0.2, 0.25) is 0 Å². The average Bonchev–Trinajstić information content (AvgIpc) is 2.80. The second-order valence-corrected chi connectivity index (χ2v) is 5.47. The van der Waals surface area contributed by atoms with Gasteiger partial charge in [-0.25, -0.2) is 0 Å². The number of hydrogen-bond acceptors (Lipinski definition) is 4. The monoisotopic (exact) mass is 315 g/mol. The van der Waals surface area contributed by atoms with E-state index in [1.54, 1.807) is 25.6 Å². The Bertz CT molecular complexity index is 707. The van der Waals surface area contributed by atoms with Crippen LogP contribution in [0.1, 0.15) is 39.8 Å². The lowest BCUT2D eigenvalue weighted by molar-refractivity contribution is -0.117. The first-order chi connectivity index (χ1) is 10.9. The highest BCUT2D eigenvalue weighted by Crippen LogP contribution is 2.15. The number of aliphatic hydroxyl groups excluding tert-OH is 1. The molecule has 6 nitrogen and oxygen atoms in total. The van der Waals surface area contributed by atoms with E-state index >= 15 is 0 Å². The summed E-state index contributed by atoms with van der Waals surface area (Å²) in [5.41, 5.74) is 2.32. The van der Waals surface area contributed by atoms with E-state index in [0.29, 0.717) is 23.4 Å². The van der Waals surface area contributed by atoms with Crippen LogP contribution < -0.4 is 5.32 Å². The van der Waals surface area contributed by atoms with Crippen LogP contribution in [0.4, 0.5) is 0 Å². The lowest BCUT2D eigenvalue weighted by Crippen LogP contribution is -2.33. The van der Waals surface area contributed by atoms with Crippen molar-refractivity contribution in [3.8, 4) is 0 Å². The largest absolute Gasteiger partial charge is 0.388 e. The third-order valence-electron chi connectivity index (χ3n) is 3.83. The third kappa shape index (κ3) is 3.84. The number of carbonyl (C=O) groups is 2. The Balaban J connectivity index is 1.91. The summed E-state index contributed by atoms with van der Waals surface area (Å²) in [5.74, 6) is -1.27. The summed E-state index contributed by atoms with van der Waals surface area (Å²) in [6.07, 6.45) is -0.331. The van der Waals surface area contributed by atoms with E-state index in [1.165, 1.54) is 0 Å². The Morgan fingerprint density at radius 2 is 1.91 bits per heavy atom. The van der Waals surface area contributed by atoms with Crippen molar-refractivity contribution in [3.63, 3.8) is 0 Å². The van der Waals surface area contributed by atoms with Crippen molar-refractivity contribution in [1.82, 2.24) is 15.1 Å². The van der Waals surface area contributed by atoms with Crippen LogP contribution in [0.3, 0.4) is 0 Å². The van der Waals surface area contributed by atoms with Crippen molar-refractivity contribution in [2.45, 2.75) is 26.4 Å². The first kappa shape index (κ1) is 16.9. The van der Waals surface area contributed by atoms with Gasteiger partial charge >= 0.3 is 0 Å². The molecule has 2 rings (SSSR count). The number of aryl methyl sites for hydroxylation is 2. The highest BCUT2D eigenvalue weighted by atomic mass is 16.3. The molecule has 1 amide bonds. The summed E-state index contributed by atoms with van der Waals surface area (Å²) in [5, 5.41) is 16.7. The maximum absolute atomic E-state index is 12.2. The molecule has 0 fully saturated rings. The van der Waals surface area contributed by atoms with Gasteiger partial charge in [0.1, 0.15) is 0 Å². The zero-order valence-corrected chi connectivity index (χ0v) is 13.5. The number of aliphatic hydroxyl groups is 1. The summed E-state index contributed by atoms with van der Waals surface area (Å²) in [6.45, 7) is 3.67. The van der Waals surface area contributed by atoms with E-state index in [9.17, 15) is 14.7 Å². The predicted molar refractivity (Wildman–Crippen MR) is 86.0 cm³/mol. The van der Waals surface area contributed by atoms with E-state index in [0.717, 1.165) is 5.56 Å². The van der Waals surface area contributed by atoms with Gasteiger partial charge in [-0.1, -0.05) is 30.3 Å². The van der Waals surface area contributed by atoms with Gasteiger partial charge < -0.3 is 10.4 Å². The lowest BCUT2D eigenvalue weighted by Gasteiger charge is -2.11. The second kappa shape index (κ2) is 7.19. The van der Waals surface area contributed by atoms with Crippen molar-refractivity contribution in [2.24, 2.45) is 7.05 Å². The molecule has 0 aliphatic rings. The molecule has 1 aromatic heterocycles. The Kier molecular flexibility index (Phi) is 5.28. The average molecular weight is 315 g/mol. The molecule has 1 heterocycles. The molecule has 122 valence electrons. The predicted octanol–water partition coefficient (Wildman–Crippen LogP) is 1.46. The number of nitrogens with one attached hydrogen (secondary N) is 1. The van der Waals surface area contributed by atoms with Crippen molar-refractivity contribution in [1.29, 1.82) is 0 Å². The molecule has 0 radical (unpaired) electrons. The molecule has 1 aromatic carbocycles. The first-order valence-corrected chi connectivity index (χ1v) is 7.47. The van der Waals surface area contributed by atoms with Crippen LogP contribution >= 0.6 is 0 Å². The van der Waals surface area contributed by atoms with Crippen LogP contribution in [0.2, 0.25) is 0 Å². The number of carbonyl (C=O) groups excluding carboxylic acids is 2. The Morgan fingerprint density at radius 1 is 1.26 bits per heavy atom. The topological polar surface area (TPSA) is 84.2 Å². The van der Waals surface area contributed by atoms with E-state index in [-0.39, 0.29) is 6.54 Å². The van der Waals surface area contributed by atoms with E-state index in [1.807, 2.05) is 30.3 Å². The van der Waals surface area contributed by atoms with Gasteiger partial charge in [-0.15, -0.1) is 0 Å². The summed E-state index contributed by atoms with van der Waals surface area (Å²) in [7, 11) is 1.73.